The summed E-state index contributed by atoms with van der Waals surface area (Å²) in [5.74, 6) is 0.148. The average Bonchev–Trinajstić information content (AvgIpc) is 3.26. The number of anilines is 1. The van der Waals surface area contributed by atoms with Crippen molar-refractivity contribution in [2.45, 2.75) is 18.8 Å². The summed E-state index contributed by atoms with van der Waals surface area (Å²) >= 11 is 1.46. The predicted octanol–water partition coefficient (Wildman–Crippen LogP) is 4.69. The van der Waals surface area contributed by atoms with Crippen LogP contribution in [0.25, 0.3) is 0 Å². The number of amides is 1. The number of benzene rings is 2. The highest BCUT2D eigenvalue weighted by atomic mass is 32.1. The summed E-state index contributed by atoms with van der Waals surface area (Å²) in [5.41, 5.74) is 2.00. The van der Waals surface area contributed by atoms with E-state index < -0.39 is 0 Å². The first kappa shape index (κ1) is 15.1. The van der Waals surface area contributed by atoms with Gasteiger partial charge in [0.15, 0.2) is 5.13 Å². The molecule has 0 spiro atoms. The molecular formula is C20H18N2OS. The second-order valence-corrected chi connectivity index (χ2v) is 7.10. The third-order valence-corrected chi connectivity index (χ3v) is 5.40. The van der Waals surface area contributed by atoms with E-state index in [-0.39, 0.29) is 17.2 Å². The molecule has 24 heavy (non-hydrogen) atoms. The Hall–Kier alpha value is -2.46. The van der Waals surface area contributed by atoms with E-state index in [9.17, 15) is 4.79 Å². The fourth-order valence-corrected chi connectivity index (χ4v) is 3.93. The summed E-state index contributed by atoms with van der Waals surface area (Å²) in [6, 6.07) is 20.7. The van der Waals surface area contributed by atoms with Gasteiger partial charge in [0, 0.05) is 17.5 Å². The van der Waals surface area contributed by atoms with Crippen LogP contribution in [0.15, 0.2) is 72.2 Å². The smallest absolute Gasteiger partial charge is 0.233 e. The molecule has 4 rings (SSSR count). The van der Waals surface area contributed by atoms with Gasteiger partial charge in [-0.2, -0.15) is 0 Å². The van der Waals surface area contributed by atoms with E-state index in [1.54, 1.807) is 6.20 Å². The van der Waals surface area contributed by atoms with E-state index in [1.807, 2.05) is 41.8 Å². The van der Waals surface area contributed by atoms with Crippen molar-refractivity contribution in [2.24, 2.45) is 5.41 Å². The largest absolute Gasteiger partial charge is 0.301 e. The van der Waals surface area contributed by atoms with Crippen molar-refractivity contribution in [1.29, 1.82) is 0 Å². The Kier molecular flexibility index (Phi) is 3.90. The summed E-state index contributed by atoms with van der Waals surface area (Å²) < 4.78 is 0. The van der Waals surface area contributed by atoms with Crippen LogP contribution in [0, 0.1) is 5.41 Å². The lowest BCUT2D eigenvalue weighted by Gasteiger charge is -2.27. The van der Waals surface area contributed by atoms with Gasteiger partial charge in [-0.15, -0.1) is 11.3 Å². The maximum absolute atomic E-state index is 13.0. The summed E-state index contributed by atoms with van der Waals surface area (Å²) in [6.07, 6.45) is 3.52. The number of carbonyl (C=O) groups excluding carboxylic acids is 1. The number of hydrogen-bond donors (Lipinski definition) is 1. The Morgan fingerprint density at radius 3 is 2.04 bits per heavy atom. The van der Waals surface area contributed by atoms with Crippen LogP contribution in [-0.2, 0) is 4.79 Å². The highest BCUT2D eigenvalue weighted by Gasteiger charge is 2.56. The Morgan fingerprint density at radius 1 is 1.00 bits per heavy atom. The zero-order chi connectivity index (χ0) is 16.4. The van der Waals surface area contributed by atoms with Gasteiger partial charge in [0.1, 0.15) is 0 Å². The molecule has 0 aliphatic heterocycles. The molecule has 0 unspecified atom stereocenters. The monoisotopic (exact) mass is 334 g/mol. The number of aromatic nitrogens is 1. The van der Waals surface area contributed by atoms with Gasteiger partial charge >= 0.3 is 0 Å². The molecule has 1 aromatic heterocycles. The van der Waals surface area contributed by atoms with E-state index in [4.69, 9.17) is 0 Å². The lowest BCUT2D eigenvalue weighted by Crippen LogP contribution is -2.30. The molecule has 1 saturated carbocycles. The molecule has 120 valence electrons. The van der Waals surface area contributed by atoms with Gasteiger partial charge in [0.25, 0.3) is 0 Å². The Labute approximate surface area is 145 Å². The van der Waals surface area contributed by atoms with Crippen molar-refractivity contribution in [1.82, 2.24) is 4.98 Å². The summed E-state index contributed by atoms with van der Waals surface area (Å²) in [5, 5.41) is 5.56. The van der Waals surface area contributed by atoms with Crippen LogP contribution in [0.4, 0.5) is 5.13 Å². The second-order valence-electron chi connectivity index (χ2n) is 6.20. The molecule has 0 atom stereocenters. The van der Waals surface area contributed by atoms with Crippen molar-refractivity contribution in [2.75, 3.05) is 5.32 Å². The molecule has 1 N–H and O–H groups in total. The van der Waals surface area contributed by atoms with Crippen LogP contribution in [-0.4, -0.2) is 10.9 Å². The molecular weight excluding hydrogens is 316 g/mol. The Morgan fingerprint density at radius 2 is 1.58 bits per heavy atom. The van der Waals surface area contributed by atoms with E-state index in [2.05, 4.69) is 34.6 Å². The minimum Gasteiger partial charge on any atom is -0.301 e. The highest BCUT2D eigenvalue weighted by Crippen LogP contribution is 2.59. The average molecular weight is 334 g/mol. The summed E-state index contributed by atoms with van der Waals surface area (Å²) in [7, 11) is 0. The SMILES string of the molecule is O=C(Nc1nccs1)C1(C(c2ccccc2)c2ccccc2)CC1. The van der Waals surface area contributed by atoms with Gasteiger partial charge in [-0.25, -0.2) is 4.98 Å². The van der Waals surface area contributed by atoms with Crippen molar-refractivity contribution in [3.63, 3.8) is 0 Å². The maximum atomic E-state index is 13.0. The van der Waals surface area contributed by atoms with Crippen LogP contribution < -0.4 is 5.32 Å². The fraction of sp³-hybridized carbons (Fsp3) is 0.200. The van der Waals surface area contributed by atoms with Crippen LogP contribution in [0.3, 0.4) is 0 Å². The van der Waals surface area contributed by atoms with Gasteiger partial charge in [-0.3, -0.25) is 4.79 Å². The second kappa shape index (κ2) is 6.21. The van der Waals surface area contributed by atoms with Crippen molar-refractivity contribution >= 4 is 22.4 Å². The summed E-state index contributed by atoms with van der Waals surface area (Å²) in [6.45, 7) is 0. The third kappa shape index (κ3) is 2.74. The van der Waals surface area contributed by atoms with Gasteiger partial charge < -0.3 is 5.32 Å². The quantitative estimate of drug-likeness (QED) is 0.735. The van der Waals surface area contributed by atoms with E-state index in [1.165, 1.54) is 22.5 Å². The Balaban J connectivity index is 1.72. The lowest BCUT2D eigenvalue weighted by atomic mass is 9.77. The minimum absolute atomic E-state index is 0.0693. The van der Waals surface area contributed by atoms with Gasteiger partial charge in [-0.05, 0) is 24.0 Å². The first-order chi connectivity index (χ1) is 11.8. The van der Waals surface area contributed by atoms with Crippen LogP contribution in [0.2, 0.25) is 0 Å². The highest BCUT2D eigenvalue weighted by molar-refractivity contribution is 7.13. The first-order valence-electron chi connectivity index (χ1n) is 8.10. The number of thiazole rings is 1. The molecule has 1 aliphatic rings. The molecule has 1 aliphatic carbocycles. The molecule has 1 fully saturated rings. The van der Waals surface area contributed by atoms with Gasteiger partial charge in [-0.1, -0.05) is 60.7 Å². The van der Waals surface area contributed by atoms with Gasteiger partial charge in [0.05, 0.1) is 5.41 Å². The predicted molar refractivity (Wildman–Crippen MR) is 97.1 cm³/mol. The molecule has 1 amide bonds. The van der Waals surface area contributed by atoms with Gasteiger partial charge in [0.2, 0.25) is 5.91 Å². The van der Waals surface area contributed by atoms with E-state index >= 15 is 0 Å². The Bertz CT molecular complexity index is 772. The molecule has 4 heteroatoms. The van der Waals surface area contributed by atoms with Crippen molar-refractivity contribution in [3.05, 3.63) is 83.4 Å². The first-order valence-corrected chi connectivity index (χ1v) is 8.98. The zero-order valence-electron chi connectivity index (χ0n) is 13.2. The van der Waals surface area contributed by atoms with E-state index in [0.717, 1.165) is 12.8 Å². The van der Waals surface area contributed by atoms with Crippen molar-refractivity contribution < 1.29 is 4.79 Å². The zero-order valence-corrected chi connectivity index (χ0v) is 14.0. The third-order valence-electron chi connectivity index (χ3n) is 4.71. The van der Waals surface area contributed by atoms with Crippen LogP contribution in [0.1, 0.15) is 29.9 Å². The number of carbonyl (C=O) groups is 1. The molecule has 0 saturated heterocycles. The number of nitrogens with zero attached hydrogens (tertiary/aromatic N) is 1. The molecule has 2 aromatic carbocycles. The molecule has 3 nitrogen and oxygen atoms in total. The topological polar surface area (TPSA) is 42.0 Å². The number of rotatable bonds is 5. The molecule has 0 bridgehead atoms. The van der Waals surface area contributed by atoms with E-state index in [0.29, 0.717) is 5.13 Å². The number of nitrogens with one attached hydrogen (secondary N) is 1. The van der Waals surface area contributed by atoms with Crippen LogP contribution >= 0.6 is 11.3 Å². The van der Waals surface area contributed by atoms with Crippen LogP contribution in [0.5, 0.6) is 0 Å². The fourth-order valence-electron chi connectivity index (χ4n) is 3.41. The normalized spacial score (nSPS) is 15.2. The maximum Gasteiger partial charge on any atom is 0.233 e. The standard InChI is InChI=1S/C20H18N2OS/c23-18(22-19-21-13-14-24-19)20(11-12-20)17(15-7-3-1-4-8-15)16-9-5-2-6-10-16/h1-10,13-14,17H,11-12H2,(H,21,22,23). The minimum atomic E-state index is -0.381. The number of hydrogen-bond acceptors (Lipinski definition) is 3. The summed E-state index contributed by atoms with van der Waals surface area (Å²) in [4.78, 5) is 17.2. The van der Waals surface area contributed by atoms with Crippen molar-refractivity contribution in [3.8, 4) is 0 Å². The lowest BCUT2D eigenvalue weighted by molar-refractivity contribution is -0.121. The molecule has 3 aromatic rings. The molecule has 0 radical (unpaired) electrons. The molecule has 1 heterocycles.